The Hall–Kier alpha value is -1.94. The molecule has 0 spiro atoms. The van der Waals surface area contributed by atoms with Crippen LogP contribution in [-0.2, 0) is 65.4 Å². The highest BCUT2D eigenvalue weighted by Gasteiger charge is 2.30. The zero-order valence-corrected chi connectivity index (χ0v) is 59.8. The van der Waals surface area contributed by atoms with Gasteiger partial charge in [-0.25, -0.2) is 9.13 Å². The van der Waals surface area contributed by atoms with Crippen LogP contribution >= 0.6 is 15.6 Å². The molecular weight excluding hydrogens is 1170 g/mol. The smallest absolute Gasteiger partial charge is 0.462 e. The Morgan fingerprint density at radius 1 is 0.281 bits per heavy atom. The number of hydrogen-bond donors (Lipinski definition) is 3. The van der Waals surface area contributed by atoms with Gasteiger partial charge in [0, 0.05) is 25.7 Å². The molecule has 0 fully saturated rings. The number of aliphatic hydroxyl groups excluding tert-OH is 1. The van der Waals surface area contributed by atoms with Crippen molar-refractivity contribution in [2.75, 3.05) is 39.6 Å². The SMILES string of the molecule is CC(C)CCCCCCCCCCCCCCCCC(=O)O[C@H](COC(=O)CCCCCCCCC(C)C)COP(=O)(O)OC[C@H](O)COP(=O)(O)OC[C@@H](COC(=O)CCCCCCCCCC(C)C)OC(=O)CCCCCCCCCCCCC(C)C. The lowest BCUT2D eigenvalue weighted by molar-refractivity contribution is -0.161. The lowest BCUT2D eigenvalue weighted by Crippen LogP contribution is -2.30. The van der Waals surface area contributed by atoms with E-state index in [1.54, 1.807) is 0 Å². The Kier molecular flexibility index (Phi) is 58.5. The van der Waals surface area contributed by atoms with E-state index in [-0.39, 0.29) is 25.7 Å². The van der Waals surface area contributed by atoms with Crippen molar-refractivity contribution in [3.8, 4) is 0 Å². The fraction of sp³-hybridized carbons (Fsp3) is 0.943. The van der Waals surface area contributed by atoms with E-state index in [0.29, 0.717) is 37.5 Å². The normalized spacial score (nSPS) is 14.3. The number of hydrogen-bond acceptors (Lipinski definition) is 15. The predicted octanol–water partition coefficient (Wildman–Crippen LogP) is 19.7. The van der Waals surface area contributed by atoms with Crippen LogP contribution in [0.25, 0.3) is 0 Å². The minimum Gasteiger partial charge on any atom is -0.462 e. The second-order valence-corrected chi connectivity index (χ2v) is 30.1. The molecule has 17 nitrogen and oxygen atoms in total. The van der Waals surface area contributed by atoms with Gasteiger partial charge in [-0.2, -0.15) is 0 Å². The highest BCUT2D eigenvalue weighted by Crippen LogP contribution is 2.45. The molecule has 0 aromatic rings. The topological polar surface area (TPSA) is 237 Å². The molecule has 0 aliphatic rings. The first-order valence-electron chi connectivity index (χ1n) is 36.2. The molecule has 5 atom stereocenters. The van der Waals surface area contributed by atoms with E-state index in [1.165, 1.54) is 135 Å². The first-order chi connectivity index (χ1) is 42.6. The van der Waals surface area contributed by atoms with Gasteiger partial charge in [-0.1, -0.05) is 293 Å². The van der Waals surface area contributed by atoms with Gasteiger partial charge in [-0.15, -0.1) is 0 Å². The summed E-state index contributed by atoms with van der Waals surface area (Å²) in [6.45, 7) is 14.0. The number of esters is 4. The number of ether oxygens (including phenoxy) is 4. The molecule has 0 aliphatic heterocycles. The zero-order chi connectivity index (χ0) is 66.1. The van der Waals surface area contributed by atoms with Crippen LogP contribution in [0, 0.1) is 23.7 Å². The minimum absolute atomic E-state index is 0.104. The Bertz CT molecular complexity index is 1760. The zero-order valence-electron chi connectivity index (χ0n) is 58.1. The largest absolute Gasteiger partial charge is 0.472 e. The Labute approximate surface area is 543 Å². The van der Waals surface area contributed by atoms with Gasteiger partial charge in [0.05, 0.1) is 26.4 Å². The molecule has 0 radical (unpaired) electrons. The number of carbonyl (C=O) groups is 4. The van der Waals surface area contributed by atoms with Crippen LogP contribution in [0.2, 0.25) is 0 Å². The summed E-state index contributed by atoms with van der Waals surface area (Å²) in [6, 6.07) is 0. The third-order valence-electron chi connectivity index (χ3n) is 16.1. The third-order valence-corrected chi connectivity index (χ3v) is 18.0. The molecule has 0 aromatic heterocycles. The van der Waals surface area contributed by atoms with Crippen LogP contribution < -0.4 is 0 Å². The summed E-state index contributed by atoms with van der Waals surface area (Å²) in [6.07, 6.45) is 41.9. The number of carbonyl (C=O) groups excluding carboxylic acids is 4. The highest BCUT2D eigenvalue weighted by atomic mass is 31.2. The van der Waals surface area contributed by atoms with Crippen LogP contribution in [0.5, 0.6) is 0 Å². The number of phosphoric acid groups is 2. The van der Waals surface area contributed by atoms with E-state index in [2.05, 4.69) is 55.4 Å². The standard InChI is InChI=1S/C70H136O17P2/c1-60(2)46-38-30-22-17-13-11-9-10-12-14-19-25-36-44-52-69(74)87-66(57-81-68(73)51-43-35-29-28-33-41-49-63(7)8)59-85-89(78,79)83-55-64(71)54-82-88(76,77)84-58-65(56-80-67(72)50-42-34-27-21-24-32-40-48-62(5)6)86-70(75)53-45-37-26-20-16-15-18-23-31-39-47-61(3)4/h60-66,71H,9-59H2,1-8H3,(H,76,77)(H,78,79)/t64-,65-,66-/m1/s1. The Balaban J connectivity index is 5.22. The number of rotatable bonds is 67. The van der Waals surface area contributed by atoms with E-state index in [9.17, 15) is 43.2 Å². The Morgan fingerprint density at radius 2 is 0.472 bits per heavy atom. The van der Waals surface area contributed by atoms with E-state index in [1.807, 2.05) is 0 Å². The molecule has 3 N–H and O–H groups in total. The summed E-state index contributed by atoms with van der Waals surface area (Å²) in [5.74, 6) is 0.800. The number of unbranched alkanes of at least 4 members (excludes halogenated alkanes) is 33. The van der Waals surface area contributed by atoms with Crippen LogP contribution in [0.4, 0.5) is 0 Å². The van der Waals surface area contributed by atoms with Crippen molar-refractivity contribution in [1.29, 1.82) is 0 Å². The molecule has 2 unspecified atom stereocenters. The van der Waals surface area contributed by atoms with Crippen molar-refractivity contribution in [2.24, 2.45) is 23.7 Å². The molecule has 0 amide bonds. The van der Waals surface area contributed by atoms with Gasteiger partial charge in [0.1, 0.15) is 19.3 Å². The maximum absolute atomic E-state index is 13.0. The van der Waals surface area contributed by atoms with Crippen molar-refractivity contribution < 1.29 is 80.2 Å². The van der Waals surface area contributed by atoms with Gasteiger partial charge in [0.2, 0.25) is 0 Å². The molecule has 0 aromatic carbocycles. The summed E-state index contributed by atoms with van der Waals surface area (Å²) in [7, 11) is -9.90. The summed E-state index contributed by atoms with van der Waals surface area (Å²) >= 11 is 0. The lowest BCUT2D eigenvalue weighted by atomic mass is 10.0. The fourth-order valence-corrected chi connectivity index (χ4v) is 12.1. The van der Waals surface area contributed by atoms with Gasteiger partial charge in [-0.3, -0.25) is 37.3 Å². The summed E-state index contributed by atoms with van der Waals surface area (Å²) in [5, 5.41) is 10.6. The quantitative estimate of drug-likeness (QED) is 0.0222. The third kappa shape index (κ3) is 64.6. The molecule has 0 saturated heterocycles. The fourth-order valence-electron chi connectivity index (χ4n) is 10.5. The second-order valence-electron chi connectivity index (χ2n) is 27.2. The first-order valence-corrected chi connectivity index (χ1v) is 39.2. The Morgan fingerprint density at radius 3 is 0.697 bits per heavy atom. The molecule has 0 heterocycles. The maximum atomic E-state index is 13.0. The number of aliphatic hydroxyl groups is 1. The van der Waals surface area contributed by atoms with E-state index >= 15 is 0 Å². The maximum Gasteiger partial charge on any atom is 0.472 e. The van der Waals surface area contributed by atoms with Crippen molar-refractivity contribution in [3.63, 3.8) is 0 Å². The molecule has 19 heteroatoms. The van der Waals surface area contributed by atoms with Crippen LogP contribution in [-0.4, -0.2) is 96.7 Å². The second kappa shape index (κ2) is 59.8. The number of phosphoric ester groups is 2. The average Bonchev–Trinajstić information content (AvgIpc) is 3.66. The molecular formula is C70H136O17P2. The van der Waals surface area contributed by atoms with Gasteiger partial charge in [0.25, 0.3) is 0 Å². The van der Waals surface area contributed by atoms with E-state index < -0.39 is 97.5 Å². The summed E-state index contributed by atoms with van der Waals surface area (Å²) in [4.78, 5) is 72.5. The first kappa shape index (κ1) is 87.1. The van der Waals surface area contributed by atoms with Gasteiger partial charge in [0.15, 0.2) is 12.2 Å². The van der Waals surface area contributed by atoms with Gasteiger partial charge in [-0.05, 0) is 49.4 Å². The summed E-state index contributed by atoms with van der Waals surface area (Å²) < 4.78 is 68.2. The van der Waals surface area contributed by atoms with Crippen LogP contribution in [0.3, 0.4) is 0 Å². The van der Waals surface area contributed by atoms with Crippen molar-refractivity contribution >= 4 is 39.5 Å². The van der Waals surface area contributed by atoms with Crippen LogP contribution in [0.15, 0.2) is 0 Å². The molecule has 0 bridgehead atoms. The van der Waals surface area contributed by atoms with Crippen LogP contribution in [0.1, 0.15) is 344 Å². The van der Waals surface area contributed by atoms with E-state index in [0.717, 1.165) is 115 Å². The highest BCUT2D eigenvalue weighted by molar-refractivity contribution is 7.47. The van der Waals surface area contributed by atoms with Gasteiger partial charge >= 0.3 is 39.5 Å². The summed E-state index contributed by atoms with van der Waals surface area (Å²) in [5.41, 5.74) is 0. The molecule has 0 aliphatic carbocycles. The van der Waals surface area contributed by atoms with Crippen molar-refractivity contribution in [1.82, 2.24) is 0 Å². The van der Waals surface area contributed by atoms with E-state index in [4.69, 9.17) is 37.0 Å². The molecule has 0 rings (SSSR count). The monoisotopic (exact) mass is 1310 g/mol. The van der Waals surface area contributed by atoms with Crippen molar-refractivity contribution in [2.45, 2.75) is 363 Å². The van der Waals surface area contributed by atoms with Crippen molar-refractivity contribution in [3.05, 3.63) is 0 Å². The van der Waals surface area contributed by atoms with Gasteiger partial charge < -0.3 is 33.8 Å². The molecule has 0 saturated carbocycles. The predicted molar refractivity (Wildman–Crippen MR) is 358 cm³/mol. The average molecular weight is 1310 g/mol. The molecule has 528 valence electrons. The lowest BCUT2D eigenvalue weighted by Gasteiger charge is -2.21. The molecule has 89 heavy (non-hydrogen) atoms. The minimum atomic E-state index is -4.95.